The van der Waals surface area contributed by atoms with Crippen molar-refractivity contribution in [3.63, 3.8) is 0 Å². The Bertz CT molecular complexity index is 630. The molecule has 0 amide bonds. The number of carbonyl (C=O) groups is 1. The van der Waals surface area contributed by atoms with Crippen LogP contribution >= 0.6 is 23.4 Å². The van der Waals surface area contributed by atoms with Crippen LogP contribution in [0, 0.1) is 5.82 Å². The van der Waals surface area contributed by atoms with Gasteiger partial charge in [0.1, 0.15) is 5.82 Å². The maximum atomic E-state index is 13.4. The predicted octanol–water partition coefficient (Wildman–Crippen LogP) is 3.42. The van der Waals surface area contributed by atoms with Gasteiger partial charge in [-0.1, -0.05) is 30.3 Å². The van der Waals surface area contributed by atoms with Crippen LogP contribution < -0.4 is 0 Å². The molecule has 0 atom stereocenters. The number of aryl methyl sites for hydroxylation is 1. The fourth-order valence-corrected chi connectivity index (χ4v) is 2.69. The van der Waals surface area contributed by atoms with E-state index in [2.05, 4.69) is 4.98 Å². The van der Waals surface area contributed by atoms with Crippen molar-refractivity contribution < 1.29 is 14.3 Å². The van der Waals surface area contributed by atoms with E-state index in [-0.39, 0.29) is 10.8 Å². The number of thioether (sulfide) groups is 1. The molecule has 0 bridgehead atoms. The van der Waals surface area contributed by atoms with Crippen LogP contribution in [0.2, 0.25) is 5.02 Å². The minimum atomic E-state index is -0.913. The summed E-state index contributed by atoms with van der Waals surface area (Å²) in [6, 6.07) is 2.80. The Morgan fingerprint density at radius 1 is 1.58 bits per heavy atom. The summed E-state index contributed by atoms with van der Waals surface area (Å²) >= 11 is 6.90. The van der Waals surface area contributed by atoms with Crippen molar-refractivity contribution in [2.45, 2.75) is 25.0 Å². The van der Waals surface area contributed by atoms with Crippen molar-refractivity contribution >= 4 is 40.4 Å². The number of hydrogen-bond acceptors (Lipinski definition) is 3. The maximum absolute atomic E-state index is 13.4. The minimum absolute atomic E-state index is 0.0412. The van der Waals surface area contributed by atoms with Crippen LogP contribution in [0.4, 0.5) is 4.39 Å². The molecular formula is C12H12ClFN2O2S. The number of carboxylic acid groups (broad SMARTS) is 1. The van der Waals surface area contributed by atoms with Crippen molar-refractivity contribution in [1.29, 1.82) is 0 Å². The van der Waals surface area contributed by atoms with Gasteiger partial charge in [-0.2, -0.15) is 0 Å². The molecule has 0 saturated heterocycles. The summed E-state index contributed by atoms with van der Waals surface area (Å²) in [5.74, 6) is -1.52. The van der Waals surface area contributed by atoms with Gasteiger partial charge in [0.15, 0.2) is 5.16 Å². The van der Waals surface area contributed by atoms with Crippen molar-refractivity contribution in [1.82, 2.24) is 9.55 Å². The summed E-state index contributed by atoms with van der Waals surface area (Å²) in [5, 5.41) is 9.33. The number of fused-ring (bicyclic) bond motifs is 1. The zero-order valence-corrected chi connectivity index (χ0v) is 11.8. The van der Waals surface area contributed by atoms with Gasteiger partial charge in [0, 0.05) is 12.6 Å². The molecule has 0 aliphatic rings. The highest BCUT2D eigenvalue weighted by atomic mass is 35.5. The molecule has 0 aliphatic carbocycles. The van der Waals surface area contributed by atoms with Crippen LogP contribution in [0.15, 0.2) is 17.3 Å². The Morgan fingerprint density at radius 3 is 2.95 bits per heavy atom. The average molecular weight is 303 g/mol. The van der Waals surface area contributed by atoms with Gasteiger partial charge in [0.2, 0.25) is 0 Å². The largest absolute Gasteiger partial charge is 0.481 e. The summed E-state index contributed by atoms with van der Waals surface area (Å²) in [7, 11) is 0. The SMILES string of the molecule is CCCn1c(SCC(=O)O)nc2cc(F)c(Cl)cc21. The topological polar surface area (TPSA) is 55.1 Å². The highest BCUT2D eigenvalue weighted by Crippen LogP contribution is 2.28. The van der Waals surface area contributed by atoms with Crippen molar-refractivity contribution in [3.05, 3.63) is 23.0 Å². The van der Waals surface area contributed by atoms with Crippen LogP contribution in [0.1, 0.15) is 13.3 Å². The van der Waals surface area contributed by atoms with Gasteiger partial charge < -0.3 is 9.67 Å². The van der Waals surface area contributed by atoms with Crippen molar-refractivity contribution in [2.75, 3.05) is 5.75 Å². The molecule has 0 saturated carbocycles. The highest BCUT2D eigenvalue weighted by molar-refractivity contribution is 7.99. The molecule has 19 heavy (non-hydrogen) atoms. The van der Waals surface area contributed by atoms with E-state index in [0.717, 1.165) is 23.7 Å². The fraction of sp³-hybridized carbons (Fsp3) is 0.333. The molecule has 0 unspecified atom stereocenters. The Balaban J connectivity index is 2.49. The molecular weight excluding hydrogens is 291 g/mol. The van der Waals surface area contributed by atoms with E-state index in [0.29, 0.717) is 17.2 Å². The van der Waals surface area contributed by atoms with E-state index in [1.165, 1.54) is 12.1 Å². The number of carboxylic acids is 1. The van der Waals surface area contributed by atoms with E-state index in [1.54, 1.807) is 0 Å². The maximum Gasteiger partial charge on any atom is 0.313 e. The first-order valence-corrected chi connectivity index (χ1v) is 7.09. The molecule has 0 fully saturated rings. The van der Waals surface area contributed by atoms with E-state index in [1.807, 2.05) is 11.5 Å². The summed E-state index contributed by atoms with van der Waals surface area (Å²) in [4.78, 5) is 14.9. The van der Waals surface area contributed by atoms with Gasteiger partial charge in [-0.3, -0.25) is 4.79 Å². The predicted molar refractivity (Wildman–Crippen MR) is 73.4 cm³/mol. The number of aliphatic carboxylic acids is 1. The lowest BCUT2D eigenvalue weighted by molar-refractivity contribution is -0.133. The molecule has 1 aromatic carbocycles. The molecule has 0 spiro atoms. The molecule has 1 heterocycles. The Morgan fingerprint density at radius 2 is 2.32 bits per heavy atom. The molecule has 7 heteroatoms. The second kappa shape index (κ2) is 5.79. The molecule has 0 aliphatic heterocycles. The third kappa shape index (κ3) is 3.01. The van der Waals surface area contributed by atoms with Crippen molar-refractivity contribution in [2.24, 2.45) is 0 Å². The highest BCUT2D eigenvalue weighted by Gasteiger charge is 2.14. The number of nitrogens with zero attached hydrogens (tertiary/aromatic N) is 2. The number of aromatic nitrogens is 2. The quantitative estimate of drug-likeness (QED) is 0.860. The number of imidazole rings is 1. The van der Waals surface area contributed by atoms with E-state index < -0.39 is 11.8 Å². The standard InChI is InChI=1S/C12H12ClFN2O2S/c1-2-3-16-10-4-7(13)8(14)5-9(10)15-12(16)19-6-11(17)18/h4-5H,2-3,6H2,1H3,(H,17,18). The first kappa shape index (κ1) is 14.1. The molecule has 2 aromatic rings. The molecule has 1 N–H and O–H groups in total. The van der Waals surface area contributed by atoms with E-state index in [9.17, 15) is 9.18 Å². The third-order valence-corrected chi connectivity index (χ3v) is 3.78. The van der Waals surface area contributed by atoms with Gasteiger partial charge in [-0.25, -0.2) is 9.37 Å². The smallest absolute Gasteiger partial charge is 0.313 e. The van der Waals surface area contributed by atoms with E-state index in [4.69, 9.17) is 16.7 Å². The zero-order chi connectivity index (χ0) is 14.0. The second-order valence-corrected chi connectivity index (χ2v) is 5.33. The van der Waals surface area contributed by atoms with Crippen LogP contribution in [0.25, 0.3) is 11.0 Å². The summed E-state index contributed by atoms with van der Waals surface area (Å²) in [6.45, 7) is 2.68. The molecule has 2 rings (SSSR count). The summed E-state index contributed by atoms with van der Waals surface area (Å²) < 4.78 is 15.3. The number of benzene rings is 1. The zero-order valence-electron chi connectivity index (χ0n) is 10.2. The Kier molecular flexibility index (Phi) is 4.31. The van der Waals surface area contributed by atoms with E-state index >= 15 is 0 Å². The second-order valence-electron chi connectivity index (χ2n) is 3.98. The molecule has 1 aromatic heterocycles. The first-order valence-electron chi connectivity index (χ1n) is 5.72. The minimum Gasteiger partial charge on any atom is -0.481 e. The van der Waals surface area contributed by atoms with Crippen LogP contribution in [0.3, 0.4) is 0 Å². The summed E-state index contributed by atoms with van der Waals surface area (Å²) in [6.07, 6.45) is 0.862. The fourth-order valence-electron chi connectivity index (χ4n) is 1.77. The lowest BCUT2D eigenvalue weighted by Gasteiger charge is -2.06. The lowest BCUT2D eigenvalue weighted by atomic mass is 10.3. The molecule has 4 nitrogen and oxygen atoms in total. The van der Waals surface area contributed by atoms with Crippen LogP contribution in [-0.4, -0.2) is 26.4 Å². The molecule has 102 valence electrons. The first-order chi connectivity index (χ1) is 9.02. The van der Waals surface area contributed by atoms with Gasteiger partial charge in [-0.15, -0.1) is 0 Å². The Labute approximate surface area is 118 Å². The summed E-state index contributed by atoms with van der Waals surface area (Å²) in [5.41, 5.74) is 1.21. The van der Waals surface area contributed by atoms with Gasteiger partial charge in [-0.05, 0) is 12.5 Å². The van der Waals surface area contributed by atoms with Gasteiger partial charge in [0.25, 0.3) is 0 Å². The number of halogens is 2. The molecule has 0 radical (unpaired) electrons. The number of rotatable bonds is 5. The number of hydrogen-bond donors (Lipinski definition) is 1. The van der Waals surface area contributed by atoms with Crippen molar-refractivity contribution in [3.8, 4) is 0 Å². The normalized spacial score (nSPS) is 11.1. The van der Waals surface area contributed by atoms with Crippen LogP contribution in [-0.2, 0) is 11.3 Å². The lowest BCUT2D eigenvalue weighted by Crippen LogP contribution is -2.03. The monoisotopic (exact) mass is 302 g/mol. The van der Waals surface area contributed by atoms with Gasteiger partial charge >= 0.3 is 5.97 Å². The van der Waals surface area contributed by atoms with Gasteiger partial charge in [0.05, 0.1) is 21.8 Å². The van der Waals surface area contributed by atoms with Crippen LogP contribution in [0.5, 0.6) is 0 Å². The average Bonchev–Trinajstić information content (AvgIpc) is 2.66. The Hall–Kier alpha value is -1.27. The third-order valence-electron chi connectivity index (χ3n) is 2.53.